The highest BCUT2D eigenvalue weighted by molar-refractivity contribution is 5.83. The highest BCUT2D eigenvalue weighted by Crippen LogP contribution is 2.38. The summed E-state index contributed by atoms with van der Waals surface area (Å²) in [6.45, 7) is 4.19. The molecule has 0 aromatic carbocycles. The van der Waals surface area contributed by atoms with Gasteiger partial charge in [0.2, 0.25) is 5.91 Å². The Morgan fingerprint density at radius 1 is 1.44 bits per heavy atom. The van der Waals surface area contributed by atoms with Crippen molar-refractivity contribution in [2.24, 2.45) is 17.1 Å². The molecule has 0 aromatic heterocycles. The maximum atomic E-state index is 12.4. The summed E-state index contributed by atoms with van der Waals surface area (Å²) in [5.41, 5.74) is 5.72. The second kappa shape index (κ2) is 5.57. The molecule has 18 heavy (non-hydrogen) atoms. The average Bonchev–Trinajstić information content (AvgIpc) is 3.11. The second-order valence-electron chi connectivity index (χ2n) is 6.16. The van der Waals surface area contributed by atoms with Crippen LogP contribution in [0, 0.1) is 11.3 Å². The third-order valence-corrected chi connectivity index (χ3v) is 4.49. The number of amides is 1. The third kappa shape index (κ3) is 3.04. The van der Waals surface area contributed by atoms with Gasteiger partial charge in [-0.15, -0.1) is 0 Å². The smallest absolute Gasteiger partial charge is 0.229 e. The predicted octanol–water partition coefficient (Wildman–Crippen LogP) is 1.39. The SMILES string of the molecule is CN(CCOCC1CC1)C(=O)C1(C)CCCC1N. The van der Waals surface area contributed by atoms with Crippen LogP contribution in [0.5, 0.6) is 0 Å². The van der Waals surface area contributed by atoms with Gasteiger partial charge in [0, 0.05) is 26.2 Å². The Morgan fingerprint density at radius 3 is 2.72 bits per heavy atom. The van der Waals surface area contributed by atoms with Crippen molar-refractivity contribution in [1.82, 2.24) is 4.90 Å². The quantitative estimate of drug-likeness (QED) is 0.729. The van der Waals surface area contributed by atoms with E-state index in [1.807, 2.05) is 14.0 Å². The number of hydrogen-bond acceptors (Lipinski definition) is 3. The summed E-state index contributed by atoms with van der Waals surface area (Å²) in [6, 6.07) is 0.0137. The van der Waals surface area contributed by atoms with Crippen LogP contribution >= 0.6 is 0 Å². The molecule has 0 spiro atoms. The summed E-state index contributed by atoms with van der Waals surface area (Å²) in [4.78, 5) is 14.2. The summed E-state index contributed by atoms with van der Waals surface area (Å²) in [5.74, 6) is 0.967. The lowest BCUT2D eigenvalue weighted by atomic mass is 9.83. The van der Waals surface area contributed by atoms with Crippen LogP contribution in [0.15, 0.2) is 0 Å². The summed E-state index contributed by atoms with van der Waals surface area (Å²) in [7, 11) is 1.86. The van der Waals surface area contributed by atoms with Crippen LogP contribution in [-0.4, -0.2) is 43.7 Å². The molecular weight excluding hydrogens is 228 g/mol. The van der Waals surface area contributed by atoms with Crippen LogP contribution in [0.4, 0.5) is 0 Å². The summed E-state index contributed by atoms with van der Waals surface area (Å²) >= 11 is 0. The molecule has 2 rings (SSSR count). The molecule has 2 aliphatic carbocycles. The van der Waals surface area contributed by atoms with Crippen molar-refractivity contribution in [2.75, 3.05) is 26.8 Å². The number of rotatable bonds is 6. The van der Waals surface area contributed by atoms with Crippen LogP contribution in [0.25, 0.3) is 0 Å². The van der Waals surface area contributed by atoms with Gasteiger partial charge in [0.15, 0.2) is 0 Å². The maximum absolute atomic E-state index is 12.4. The Hall–Kier alpha value is -0.610. The molecule has 0 bridgehead atoms. The van der Waals surface area contributed by atoms with Crippen LogP contribution in [0.1, 0.15) is 39.0 Å². The van der Waals surface area contributed by atoms with Gasteiger partial charge in [0.25, 0.3) is 0 Å². The summed E-state index contributed by atoms with van der Waals surface area (Å²) in [5, 5.41) is 0. The molecule has 2 atom stereocenters. The molecule has 2 fully saturated rings. The Kier molecular flexibility index (Phi) is 4.28. The van der Waals surface area contributed by atoms with E-state index in [0.717, 1.165) is 31.8 Å². The van der Waals surface area contributed by atoms with Crippen LogP contribution < -0.4 is 5.73 Å². The van der Waals surface area contributed by atoms with Crippen LogP contribution in [-0.2, 0) is 9.53 Å². The van der Waals surface area contributed by atoms with Crippen LogP contribution in [0.2, 0.25) is 0 Å². The van der Waals surface area contributed by atoms with E-state index in [1.165, 1.54) is 12.8 Å². The normalized spacial score (nSPS) is 31.6. The van der Waals surface area contributed by atoms with Crippen molar-refractivity contribution in [3.8, 4) is 0 Å². The van der Waals surface area contributed by atoms with E-state index in [9.17, 15) is 4.79 Å². The first-order chi connectivity index (χ1) is 8.54. The van der Waals surface area contributed by atoms with E-state index in [-0.39, 0.29) is 17.4 Å². The zero-order chi connectivity index (χ0) is 13.2. The topological polar surface area (TPSA) is 55.6 Å². The number of nitrogens with zero attached hydrogens (tertiary/aromatic N) is 1. The number of carbonyl (C=O) groups is 1. The zero-order valence-corrected chi connectivity index (χ0v) is 11.7. The lowest BCUT2D eigenvalue weighted by Crippen LogP contribution is -2.48. The van der Waals surface area contributed by atoms with Crippen molar-refractivity contribution in [3.63, 3.8) is 0 Å². The van der Waals surface area contributed by atoms with E-state index in [2.05, 4.69) is 0 Å². The number of likely N-dealkylation sites (N-methyl/N-ethyl adjacent to an activating group) is 1. The number of carbonyl (C=O) groups excluding carboxylic acids is 1. The maximum Gasteiger partial charge on any atom is 0.229 e. The highest BCUT2D eigenvalue weighted by Gasteiger charge is 2.44. The van der Waals surface area contributed by atoms with E-state index in [4.69, 9.17) is 10.5 Å². The van der Waals surface area contributed by atoms with Crippen molar-refractivity contribution < 1.29 is 9.53 Å². The zero-order valence-electron chi connectivity index (χ0n) is 11.7. The van der Waals surface area contributed by atoms with Crippen molar-refractivity contribution in [3.05, 3.63) is 0 Å². The van der Waals surface area contributed by atoms with E-state index >= 15 is 0 Å². The fourth-order valence-corrected chi connectivity index (χ4v) is 2.73. The molecule has 0 aliphatic heterocycles. The molecule has 0 radical (unpaired) electrons. The molecule has 0 saturated heterocycles. The first-order valence-corrected chi connectivity index (χ1v) is 7.13. The fourth-order valence-electron chi connectivity index (χ4n) is 2.73. The third-order valence-electron chi connectivity index (χ3n) is 4.49. The highest BCUT2D eigenvalue weighted by atomic mass is 16.5. The van der Waals surface area contributed by atoms with Gasteiger partial charge >= 0.3 is 0 Å². The van der Waals surface area contributed by atoms with Crippen LogP contribution in [0.3, 0.4) is 0 Å². The first kappa shape index (κ1) is 13.8. The Balaban J connectivity index is 1.73. The minimum Gasteiger partial charge on any atom is -0.379 e. The van der Waals surface area contributed by atoms with Gasteiger partial charge in [0.1, 0.15) is 0 Å². The first-order valence-electron chi connectivity index (χ1n) is 7.13. The van der Waals surface area contributed by atoms with Gasteiger partial charge in [-0.25, -0.2) is 0 Å². The van der Waals surface area contributed by atoms with E-state index in [1.54, 1.807) is 4.90 Å². The van der Waals surface area contributed by atoms with Crippen molar-refractivity contribution in [1.29, 1.82) is 0 Å². The summed E-state index contributed by atoms with van der Waals surface area (Å²) < 4.78 is 5.58. The van der Waals surface area contributed by atoms with E-state index in [0.29, 0.717) is 13.2 Å². The number of hydrogen-bond donors (Lipinski definition) is 1. The summed E-state index contributed by atoms with van der Waals surface area (Å²) in [6.07, 6.45) is 5.56. The van der Waals surface area contributed by atoms with Crippen molar-refractivity contribution >= 4 is 5.91 Å². The molecule has 2 N–H and O–H groups in total. The largest absolute Gasteiger partial charge is 0.379 e. The predicted molar refractivity (Wildman–Crippen MR) is 71.1 cm³/mol. The average molecular weight is 254 g/mol. The molecule has 0 aromatic rings. The lowest BCUT2D eigenvalue weighted by molar-refractivity contribution is -0.141. The molecule has 1 amide bonds. The second-order valence-corrected chi connectivity index (χ2v) is 6.16. The fraction of sp³-hybridized carbons (Fsp3) is 0.929. The minimum atomic E-state index is -0.356. The van der Waals surface area contributed by atoms with Gasteiger partial charge in [-0.3, -0.25) is 4.79 Å². The van der Waals surface area contributed by atoms with Gasteiger partial charge in [-0.1, -0.05) is 6.42 Å². The Bertz CT molecular complexity index is 304. The minimum absolute atomic E-state index is 0.0137. The molecule has 2 aliphatic rings. The molecule has 104 valence electrons. The Labute approximate surface area is 110 Å². The molecule has 0 heterocycles. The van der Waals surface area contributed by atoms with Gasteiger partial charge < -0.3 is 15.4 Å². The molecule has 2 saturated carbocycles. The van der Waals surface area contributed by atoms with Gasteiger partial charge in [-0.2, -0.15) is 0 Å². The van der Waals surface area contributed by atoms with Gasteiger partial charge in [0.05, 0.1) is 12.0 Å². The van der Waals surface area contributed by atoms with Gasteiger partial charge in [-0.05, 0) is 38.5 Å². The standard InChI is InChI=1S/C14H26N2O2/c1-14(7-3-4-12(14)15)13(17)16(2)8-9-18-10-11-5-6-11/h11-12H,3-10,15H2,1-2H3. The molecule has 2 unspecified atom stereocenters. The monoisotopic (exact) mass is 254 g/mol. The molecule has 4 heteroatoms. The number of ether oxygens (including phenoxy) is 1. The molecule has 4 nitrogen and oxygen atoms in total. The van der Waals surface area contributed by atoms with E-state index < -0.39 is 0 Å². The number of nitrogens with two attached hydrogens (primary N) is 1. The lowest BCUT2D eigenvalue weighted by Gasteiger charge is -2.32. The Morgan fingerprint density at radius 2 is 2.17 bits per heavy atom. The molecular formula is C14H26N2O2. The van der Waals surface area contributed by atoms with Crippen molar-refractivity contribution in [2.45, 2.75) is 45.1 Å².